The highest BCUT2D eigenvalue weighted by Gasteiger charge is 2.22. The van der Waals surface area contributed by atoms with Gasteiger partial charge in [0, 0.05) is 31.1 Å². The molecule has 4 aromatic heterocycles. The average Bonchev–Trinajstić information content (AvgIpc) is 3.87. The summed E-state index contributed by atoms with van der Waals surface area (Å²) >= 11 is 0. The van der Waals surface area contributed by atoms with E-state index < -0.39 is 29.6 Å². The fraction of sp³-hybridized carbons (Fsp3) is 0.229. The topological polar surface area (TPSA) is 261 Å². The molecule has 53 heavy (non-hydrogen) atoms. The first kappa shape index (κ1) is 35.7. The molecule has 4 amide bonds. The van der Waals surface area contributed by atoms with Crippen molar-refractivity contribution in [2.75, 3.05) is 10.6 Å². The van der Waals surface area contributed by atoms with Crippen LogP contribution in [-0.4, -0.2) is 68.6 Å². The molecule has 0 saturated carbocycles. The minimum atomic E-state index is -1.03. The van der Waals surface area contributed by atoms with Gasteiger partial charge in [-0.05, 0) is 55.8 Å². The number of hydrogen-bond donors (Lipinski definition) is 5. The van der Waals surface area contributed by atoms with E-state index in [0.29, 0.717) is 45.8 Å². The fourth-order valence-corrected chi connectivity index (χ4v) is 5.80. The molecule has 0 aliphatic carbocycles. The van der Waals surface area contributed by atoms with Crippen LogP contribution < -0.4 is 22.1 Å². The molecule has 0 atom stereocenters. The number of imidazole rings is 2. The molecule has 18 heteroatoms. The molecule has 4 heterocycles. The van der Waals surface area contributed by atoms with Crippen molar-refractivity contribution in [3.63, 3.8) is 0 Å². The molecule has 0 fully saturated rings. The Morgan fingerprint density at radius 2 is 1.36 bits per heavy atom. The first-order valence-electron chi connectivity index (χ1n) is 16.4. The Hall–Kier alpha value is -7.11. The Morgan fingerprint density at radius 1 is 0.811 bits per heavy atom. The van der Waals surface area contributed by atoms with Gasteiger partial charge in [0.15, 0.2) is 5.89 Å². The number of nitrogens with two attached hydrogens (primary N) is 2. The van der Waals surface area contributed by atoms with Gasteiger partial charge in [-0.3, -0.25) is 39.3 Å². The summed E-state index contributed by atoms with van der Waals surface area (Å²) in [6.07, 6.45) is 3.87. The summed E-state index contributed by atoms with van der Waals surface area (Å²) in [5.41, 5.74) is 14.6. The predicted molar refractivity (Wildman–Crippen MR) is 191 cm³/mol. The molecular weight excluding hydrogens is 686 g/mol. The second-order valence-corrected chi connectivity index (χ2v) is 12.0. The Labute approximate surface area is 300 Å². The number of carboxylic acid groups (broad SMARTS) is 1. The van der Waals surface area contributed by atoms with E-state index >= 15 is 0 Å². The van der Waals surface area contributed by atoms with Crippen LogP contribution >= 0.6 is 0 Å². The highest BCUT2D eigenvalue weighted by molar-refractivity contribution is 6.04. The SMILES string of the molecule is CCc1nc(C)oc1C(=O)Nc1nc2cc(C(N)=O)ccc2n1CC=CCn1c(NC(=O)c2cc(C)nn2CCC(=O)O)nc2cc(C(N)=O)ccc21. The number of anilines is 2. The van der Waals surface area contributed by atoms with Gasteiger partial charge in [-0.25, -0.2) is 15.0 Å². The van der Waals surface area contributed by atoms with Crippen molar-refractivity contribution in [3.05, 3.63) is 94.5 Å². The summed E-state index contributed by atoms with van der Waals surface area (Å²) in [5.74, 6) is -2.68. The number of carbonyl (C=O) groups excluding carboxylic acids is 4. The number of nitrogens with one attached hydrogen (secondary N) is 2. The Morgan fingerprint density at radius 3 is 1.87 bits per heavy atom. The number of oxazole rings is 1. The molecule has 0 radical (unpaired) electrons. The zero-order valence-electron chi connectivity index (χ0n) is 28.9. The van der Waals surface area contributed by atoms with Crippen molar-refractivity contribution in [2.45, 2.75) is 53.2 Å². The van der Waals surface area contributed by atoms with Crippen LogP contribution in [0, 0.1) is 13.8 Å². The zero-order valence-corrected chi connectivity index (χ0v) is 28.9. The second-order valence-electron chi connectivity index (χ2n) is 12.0. The highest BCUT2D eigenvalue weighted by Crippen LogP contribution is 2.25. The largest absolute Gasteiger partial charge is 0.481 e. The lowest BCUT2D eigenvalue weighted by Crippen LogP contribution is -2.21. The number of benzene rings is 2. The van der Waals surface area contributed by atoms with Crippen LogP contribution in [0.4, 0.5) is 11.9 Å². The summed E-state index contributed by atoms with van der Waals surface area (Å²) in [4.78, 5) is 75.2. The van der Waals surface area contributed by atoms with E-state index in [1.165, 1.54) is 16.8 Å². The molecule has 272 valence electrons. The molecule has 6 rings (SSSR count). The maximum atomic E-state index is 13.5. The average molecular weight is 722 g/mol. The van der Waals surface area contributed by atoms with E-state index in [2.05, 4.69) is 30.7 Å². The van der Waals surface area contributed by atoms with Crippen molar-refractivity contribution in [1.29, 1.82) is 0 Å². The number of carboxylic acids is 1. The van der Waals surface area contributed by atoms with Crippen molar-refractivity contribution < 1.29 is 33.5 Å². The lowest BCUT2D eigenvalue weighted by Gasteiger charge is -2.10. The Kier molecular flexibility index (Phi) is 9.85. The number of aryl methyl sites for hydroxylation is 4. The maximum absolute atomic E-state index is 13.5. The van der Waals surface area contributed by atoms with Crippen LogP contribution in [0.2, 0.25) is 0 Å². The third-order valence-electron chi connectivity index (χ3n) is 8.28. The first-order valence-corrected chi connectivity index (χ1v) is 16.4. The van der Waals surface area contributed by atoms with Gasteiger partial charge in [0.25, 0.3) is 11.8 Å². The van der Waals surface area contributed by atoms with E-state index in [9.17, 15) is 24.0 Å². The van der Waals surface area contributed by atoms with Gasteiger partial charge in [-0.15, -0.1) is 0 Å². The number of amides is 4. The predicted octanol–water partition coefficient (Wildman–Crippen LogP) is 3.18. The quantitative estimate of drug-likeness (QED) is 0.102. The van der Waals surface area contributed by atoms with E-state index in [4.69, 9.17) is 21.0 Å². The van der Waals surface area contributed by atoms with E-state index in [1.807, 2.05) is 19.1 Å². The third-order valence-corrected chi connectivity index (χ3v) is 8.28. The van der Waals surface area contributed by atoms with Crippen LogP contribution in [0.1, 0.15) is 72.4 Å². The van der Waals surface area contributed by atoms with Crippen LogP contribution in [0.25, 0.3) is 22.1 Å². The molecule has 0 unspecified atom stereocenters. The normalized spacial score (nSPS) is 11.5. The zero-order chi connectivity index (χ0) is 38.0. The van der Waals surface area contributed by atoms with Crippen molar-refractivity contribution in [2.24, 2.45) is 11.5 Å². The van der Waals surface area contributed by atoms with E-state index in [-0.39, 0.29) is 60.5 Å². The molecule has 0 saturated heterocycles. The monoisotopic (exact) mass is 721 g/mol. The van der Waals surface area contributed by atoms with Crippen LogP contribution in [-0.2, 0) is 30.8 Å². The molecule has 6 aromatic rings. The number of aromatic nitrogens is 7. The van der Waals surface area contributed by atoms with Gasteiger partial charge in [0.1, 0.15) is 5.69 Å². The number of nitrogens with zero attached hydrogens (tertiary/aromatic N) is 7. The summed E-state index contributed by atoms with van der Waals surface area (Å²) in [7, 11) is 0. The molecule has 7 N–H and O–H groups in total. The molecule has 0 aliphatic heterocycles. The number of allylic oxidation sites excluding steroid dienone is 2. The standard InChI is InChI=1S/C35H35N11O7/c1-4-22-29(53-19(3)38-22)33(52)42-35-40-24-17-21(31(37)50)8-10-26(24)45(35)13-6-5-12-44-25-9-7-20(30(36)49)16-23(25)39-34(44)41-32(51)27-15-18(2)43-46(27)14-11-28(47)48/h5-10,15-17H,4,11-14H2,1-3H3,(H2,36,49)(H2,37,50)(H,47,48)(H,39,41,51)(H,40,42,52). The first-order chi connectivity index (χ1) is 25.3. The van der Waals surface area contributed by atoms with Gasteiger partial charge in [-0.2, -0.15) is 5.10 Å². The number of carbonyl (C=O) groups is 5. The van der Waals surface area contributed by atoms with Gasteiger partial charge < -0.3 is 30.1 Å². The lowest BCUT2D eigenvalue weighted by atomic mass is 10.2. The molecule has 2 aromatic carbocycles. The molecular formula is C35H35N11O7. The molecule has 0 bridgehead atoms. The summed E-state index contributed by atoms with van der Waals surface area (Å²) in [6.45, 7) is 5.58. The second kappa shape index (κ2) is 14.6. The maximum Gasteiger partial charge on any atom is 0.305 e. The lowest BCUT2D eigenvalue weighted by molar-refractivity contribution is -0.137. The number of hydrogen-bond acceptors (Lipinski definition) is 10. The summed E-state index contributed by atoms with van der Waals surface area (Å²) < 4.78 is 10.3. The van der Waals surface area contributed by atoms with Gasteiger partial charge in [0.2, 0.25) is 29.5 Å². The summed E-state index contributed by atoms with van der Waals surface area (Å²) in [5, 5.41) is 19.0. The minimum Gasteiger partial charge on any atom is -0.481 e. The number of primary amides is 2. The van der Waals surface area contributed by atoms with Crippen molar-refractivity contribution in [1.82, 2.24) is 33.9 Å². The minimum absolute atomic E-state index is 0.0138. The van der Waals surface area contributed by atoms with Gasteiger partial charge >= 0.3 is 5.97 Å². The van der Waals surface area contributed by atoms with Crippen LogP contribution in [0.3, 0.4) is 0 Å². The van der Waals surface area contributed by atoms with Crippen LogP contribution in [0.15, 0.2) is 59.0 Å². The van der Waals surface area contributed by atoms with Crippen molar-refractivity contribution in [3.8, 4) is 0 Å². The van der Waals surface area contributed by atoms with E-state index in [1.54, 1.807) is 53.3 Å². The highest BCUT2D eigenvalue weighted by atomic mass is 16.4. The van der Waals surface area contributed by atoms with Crippen molar-refractivity contribution >= 4 is 63.6 Å². The molecule has 0 aliphatic rings. The number of aliphatic carboxylic acids is 1. The van der Waals surface area contributed by atoms with Crippen LogP contribution in [0.5, 0.6) is 0 Å². The molecule has 0 spiro atoms. The fourth-order valence-electron chi connectivity index (χ4n) is 5.80. The van der Waals surface area contributed by atoms with Gasteiger partial charge in [0.05, 0.1) is 46.4 Å². The smallest absolute Gasteiger partial charge is 0.305 e. The van der Waals surface area contributed by atoms with E-state index in [0.717, 1.165) is 0 Å². The molecule has 18 nitrogen and oxygen atoms in total. The number of fused-ring (bicyclic) bond motifs is 2. The summed E-state index contributed by atoms with van der Waals surface area (Å²) in [6, 6.07) is 11.0. The van der Waals surface area contributed by atoms with Gasteiger partial charge in [-0.1, -0.05) is 19.1 Å². The number of rotatable bonds is 14. The Balaban J connectivity index is 1.31. The Bertz CT molecular complexity index is 2470. The third kappa shape index (κ3) is 7.51.